The third kappa shape index (κ3) is 4.71. The molecule has 0 aliphatic rings. The number of nitrogens with zero attached hydrogens (tertiary/aromatic N) is 3. The van der Waals surface area contributed by atoms with E-state index in [1.807, 2.05) is 25.9 Å². The van der Waals surface area contributed by atoms with Crippen LogP contribution in [0.5, 0.6) is 0 Å². The Kier molecular flexibility index (Phi) is 6.10. The quantitative estimate of drug-likeness (QED) is 0.468. The van der Waals surface area contributed by atoms with Gasteiger partial charge in [0.15, 0.2) is 0 Å². The molecule has 0 heterocycles. The van der Waals surface area contributed by atoms with Crippen molar-refractivity contribution in [1.82, 2.24) is 9.80 Å². The Hall–Kier alpha value is -2.15. The second-order valence-corrected chi connectivity index (χ2v) is 5.13. The molecule has 1 rings (SSSR count). The molecule has 0 atom stereocenters. The number of carbonyl (C=O) groups excluding carboxylic acids is 1. The van der Waals surface area contributed by atoms with Crippen molar-refractivity contribution < 1.29 is 9.72 Å². The van der Waals surface area contributed by atoms with E-state index in [0.29, 0.717) is 18.7 Å². The van der Waals surface area contributed by atoms with Gasteiger partial charge in [-0.1, -0.05) is 6.92 Å². The number of benzene rings is 1. The minimum Gasteiger partial charge on any atom is -0.393 e. The van der Waals surface area contributed by atoms with Crippen LogP contribution in [0.1, 0.15) is 23.7 Å². The Labute approximate surface area is 124 Å². The summed E-state index contributed by atoms with van der Waals surface area (Å²) in [6, 6.07) is 4.18. The van der Waals surface area contributed by atoms with E-state index in [2.05, 4.69) is 0 Å². The molecular formula is C14H22N4O3. The lowest BCUT2D eigenvalue weighted by molar-refractivity contribution is -0.383. The summed E-state index contributed by atoms with van der Waals surface area (Å²) < 4.78 is 0. The maximum Gasteiger partial charge on any atom is 0.292 e. The monoisotopic (exact) mass is 294 g/mol. The summed E-state index contributed by atoms with van der Waals surface area (Å²) in [5.41, 5.74) is 5.68. The van der Waals surface area contributed by atoms with Crippen LogP contribution in [0.3, 0.4) is 0 Å². The average molecular weight is 294 g/mol. The molecule has 0 spiro atoms. The summed E-state index contributed by atoms with van der Waals surface area (Å²) in [5.74, 6) is -0.207. The van der Waals surface area contributed by atoms with Gasteiger partial charge in [-0.05, 0) is 32.6 Å². The fraction of sp³-hybridized carbons (Fsp3) is 0.500. The van der Waals surface area contributed by atoms with Crippen molar-refractivity contribution >= 4 is 17.3 Å². The van der Waals surface area contributed by atoms with Gasteiger partial charge >= 0.3 is 0 Å². The molecule has 0 saturated carbocycles. The van der Waals surface area contributed by atoms with Crippen LogP contribution in [0.2, 0.25) is 0 Å². The van der Waals surface area contributed by atoms with Crippen molar-refractivity contribution in [1.29, 1.82) is 0 Å². The number of hydrogen-bond donors (Lipinski definition) is 1. The molecule has 0 fully saturated rings. The smallest absolute Gasteiger partial charge is 0.292 e. The van der Waals surface area contributed by atoms with Gasteiger partial charge in [-0.25, -0.2) is 0 Å². The number of anilines is 1. The molecule has 7 heteroatoms. The summed E-state index contributed by atoms with van der Waals surface area (Å²) in [6.45, 7) is 3.92. The molecule has 21 heavy (non-hydrogen) atoms. The van der Waals surface area contributed by atoms with Crippen LogP contribution >= 0.6 is 0 Å². The molecule has 0 saturated heterocycles. The number of nitrogens with two attached hydrogens (primary N) is 1. The molecule has 2 N–H and O–H groups in total. The highest BCUT2D eigenvalue weighted by Crippen LogP contribution is 2.23. The first-order chi connectivity index (χ1) is 9.86. The predicted octanol–water partition coefficient (Wildman–Crippen LogP) is 1.59. The molecule has 1 aromatic carbocycles. The fourth-order valence-corrected chi connectivity index (χ4v) is 1.92. The lowest BCUT2D eigenvalue weighted by Crippen LogP contribution is -2.37. The number of likely N-dealkylation sites (N-methyl/N-ethyl adjacent to an activating group) is 1. The fourth-order valence-electron chi connectivity index (χ4n) is 1.92. The van der Waals surface area contributed by atoms with Crippen molar-refractivity contribution in [2.24, 2.45) is 0 Å². The van der Waals surface area contributed by atoms with Crippen LogP contribution in [0, 0.1) is 10.1 Å². The van der Waals surface area contributed by atoms with Crippen LogP contribution in [0.4, 0.5) is 11.4 Å². The van der Waals surface area contributed by atoms with Crippen molar-refractivity contribution in [2.75, 3.05) is 39.5 Å². The molecule has 0 unspecified atom stereocenters. The summed E-state index contributed by atoms with van der Waals surface area (Å²) in [4.78, 5) is 26.5. The molecule has 1 aromatic rings. The van der Waals surface area contributed by atoms with Gasteiger partial charge in [0.2, 0.25) is 0 Å². The first-order valence-electron chi connectivity index (χ1n) is 6.84. The van der Waals surface area contributed by atoms with Crippen molar-refractivity contribution in [3.8, 4) is 0 Å². The summed E-state index contributed by atoms with van der Waals surface area (Å²) in [6.07, 6.45) is 0.830. The highest BCUT2D eigenvalue weighted by Gasteiger charge is 2.19. The van der Waals surface area contributed by atoms with Crippen LogP contribution in [-0.4, -0.2) is 54.4 Å². The number of nitro groups is 1. The SMILES string of the molecule is CCCN(CCN(C)C)C(=O)c1ccc(N)c([N+](=O)[O-])c1. The standard InChI is InChI=1S/C14H22N4O3/c1-4-7-17(9-8-16(2)3)14(19)11-5-6-12(15)13(10-11)18(20)21/h5-6,10H,4,7-9,15H2,1-3H3. The third-order valence-electron chi connectivity index (χ3n) is 3.07. The maximum absolute atomic E-state index is 12.5. The van der Waals surface area contributed by atoms with E-state index >= 15 is 0 Å². The Morgan fingerprint density at radius 2 is 1.95 bits per heavy atom. The van der Waals surface area contributed by atoms with Gasteiger partial charge in [-0.3, -0.25) is 14.9 Å². The van der Waals surface area contributed by atoms with Crippen molar-refractivity contribution in [2.45, 2.75) is 13.3 Å². The van der Waals surface area contributed by atoms with Gasteiger partial charge in [-0.15, -0.1) is 0 Å². The Bertz CT molecular complexity index is 517. The van der Waals surface area contributed by atoms with E-state index in [1.54, 1.807) is 4.90 Å². The second-order valence-electron chi connectivity index (χ2n) is 5.13. The van der Waals surface area contributed by atoms with Crippen LogP contribution < -0.4 is 5.73 Å². The minimum absolute atomic E-state index is 0.0619. The van der Waals surface area contributed by atoms with Crippen molar-refractivity contribution in [3.05, 3.63) is 33.9 Å². The Morgan fingerprint density at radius 1 is 1.29 bits per heavy atom. The zero-order valence-corrected chi connectivity index (χ0v) is 12.7. The number of nitrogen functional groups attached to an aromatic ring is 1. The number of nitro benzene ring substituents is 1. The van der Waals surface area contributed by atoms with Gasteiger partial charge in [0, 0.05) is 31.3 Å². The van der Waals surface area contributed by atoms with E-state index in [1.165, 1.54) is 18.2 Å². The number of rotatable bonds is 7. The van der Waals surface area contributed by atoms with Crippen LogP contribution in [0.15, 0.2) is 18.2 Å². The highest BCUT2D eigenvalue weighted by atomic mass is 16.6. The Balaban J connectivity index is 2.97. The maximum atomic E-state index is 12.5. The summed E-state index contributed by atoms with van der Waals surface area (Å²) >= 11 is 0. The third-order valence-corrected chi connectivity index (χ3v) is 3.07. The van der Waals surface area contributed by atoms with E-state index < -0.39 is 4.92 Å². The summed E-state index contributed by atoms with van der Waals surface area (Å²) in [7, 11) is 3.87. The lowest BCUT2D eigenvalue weighted by Gasteiger charge is -2.24. The lowest BCUT2D eigenvalue weighted by atomic mass is 10.1. The molecule has 0 aliphatic carbocycles. The molecule has 0 aromatic heterocycles. The van der Waals surface area contributed by atoms with E-state index in [9.17, 15) is 14.9 Å². The molecular weight excluding hydrogens is 272 g/mol. The van der Waals surface area contributed by atoms with E-state index in [0.717, 1.165) is 13.0 Å². The second kappa shape index (κ2) is 7.58. The van der Waals surface area contributed by atoms with Gasteiger partial charge in [0.25, 0.3) is 11.6 Å². The number of carbonyl (C=O) groups is 1. The van der Waals surface area contributed by atoms with Gasteiger partial charge in [0.05, 0.1) is 4.92 Å². The predicted molar refractivity (Wildman–Crippen MR) is 82.3 cm³/mol. The van der Waals surface area contributed by atoms with Crippen LogP contribution in [-0.2, 0) is 0 Å². The van der Waals surface area contributed by atoms with Crippen molar-refractivity contribution in [3.63, 3.8) is 0 Å². The first-order valence-corrected chi connectivity index (χ1v) is 6.84. The van der Waals surface area contributed by atoms with Gasteiger partial charge < -0.3 is 15.5 Å². The number of amides is 1. The van der Waals surface area contributed by atoms with E-state index in [-0.39, 0.29) is 17.3 Å². The highest BCUT2D eigenvalue weighted by molar-refractivity contribution is 5.95. The minimum atomic E-state index is -0.573. The average Bonchev–Trinajstić information content (AvgIpc) is 2.42. The molecule has 0 radical (unpaired) electrons. The largest absolute Gasteiger partial charge is 0.393 e. The molecule has 1 amide bonds. The van der Waals surface area contributed by atoms with Crippen LogP contribution in [0.25, 0.3) is 0 Å². The Morgan fingerprint density at radius 3 is 2.48 bits per heavy atom. The topological polar surface area (TPSA) is 92.7 Å². The zero-order chi connectivity index (χ0) is 16.0. The zero-order valence-electron chi connectivity index (χ0n) is 12.7. The molecule has 7 nitrogen and oxygen atoms in total. The molecule has 0 aliphatic heterocycles. The first kappa shape index (κ1) is 16.9. The van der Waals surface area contributed by atoms with E-state index in [4.69, 9.17) is 5.73 Å². The van der Waals surface area contributed by atoms with Gasteiger partial charge in [0.1, 0.15) is 5.69 Å². The normalized spacial score (nSPS) is 10.7. The molecule has 116 valence electrons. The van der Waals surface area contributed by atoms with Gasteiger partial charge in [-0.2, -0.15) is 0 Å². The number of hydrogen-bond acceptors (Lipinski definition) is 5. The molecule has 0 bridgehead atoms. The summed E-state index contributed by atoms with van der Waals surface area (Å²) in [5, 5.41) is 10.9.